The van der Waals surface area contributed by atoms with Gasteiger partial charge in [-0.05, 0) is 51.1 Å². The number of carbonyl (C=O) groups is 5. The zero-order valence-corrected chi connectivity index (χ0v) is 35.8. The molecule has 16 nitrogen and oxygen atoms in total. The highest BCUT2D eigenvalue weighted by Crippen LogP contribution is 2.30. The van der Waals surface area contributed by atoms with E-state index >= 15 is 0 Å². The number of likely N-dealkylation sites (tertiary alicyclic amines) is 1. The lowest BCUT2D eigenvalue weighted by atomic mass is 9.89. The van der Waals surface area contributed by atoms with Crippen LogP contribution in [-0.2, 0) is 46.4 Å². The van der Waals surface area contributed by atoms with Crippen LogP contribution in [-0.4, -0.2) is 132 Å². The number of methoxy groups -OCH3 is 2. The van der Waals surface area contributed by atoms with E-state index in [9.17, 15) is 24.0 Å². The van der Waals surface area contributed by atoms with Gasteiger partial charge in [0.2, 0.25) is 29.5 Å². The summed E-state index contributed by atoms with van der Waals surface area (Å²) >= 11 is 0. The van der Waals surface area contributed by atoms with Gasteiger partial charge < -0.3 is 40.5 Å². The van der Waals surface area contributed by atoms with Crippen molar-refractivity contribution in [3.63, 3.8) is 0 Å². The molecule has 16 heteroatoms. The van der Waals surface area contributed by atoms with Gasteiger partial charge in [0.1, 0.15) is 17.8 Å². The average Bonchev–Trinajstić information content (AvgIpc) is 3.91. The predicted molar refractivity (Wildman–Crippen MR) is 216 cm³/mol. The van der Waals surface area contributed by atoms with Crippen LogP contribution < -0.4 is 21.3 Å². The Labute approximate surface area is 338 Å². The van der Waals surface area contributed by atoms with Gasteiger partial charge in [-0.15, -0.1) is 5.10 Å². The van der Waals surface area contributed by atoms with E-state index in [2.05, 4.69) is 36.7 Å². The van der Waals surface area contributed by atoms with E-state index in [4.69, 9.17) is 9.47 Å². The fourth-order valence-electron chi connectivity index (χ4n) is 7.45. The maximum atomic E-state index is 14.3. The van der Waals surface area contributed by atoms with Gasteiger partial charge in [-0.3, -0.25) is 29.1 Å². The molecule has 0 bridgehead atoms. The largest absolute Gasteiger partial charge is 0.379 e. The number of ether oxygens (including phenoxy) is 2. The van der Waals surface area contributed by atoms with Crippen LogP contribution in [0.15, 0.2) is 36.5 Å². The van der Waals surface area contributed by atoms with Gasteiger partial charge in [0.05, 0.1) is 48.7 Å². The van der Waals surface area contributed by atoms with Gasteiger partial charge in [0, 0.05) is 40.4 Å². The molecule has 1 aliphatic heterocycles. The van der Waals surface area contributed by atoms with Gasteiger partial charge in [0.15, 0.2) is 0 Å². The number of benzene rings is 1. The fraction of sp³-hybridized carbons (Fsp3) is 0.683. The van der Waals surface area contributed by atoms with Crippen LogP contribution in [0.4, 0.5) is 0 Å². The molecule has 5 amide bonds. The molecule has 1 aromatic heterocycles. The SMILES string of the molecule is CCC(C)C(C(CC(=O)N1CCCC1C(OC)C(C)C(=O)NC(Cc1ccccc1)C(=O)NCc1c[nH]nn1)OC)N(C)C(=O)C(NC(=O)C(C)(C)NC)C(C)C. The Kier molecular flexibility index (Phi) is 18.1. The minimum atomic E-state index is -0.883. The first-order valence-corrected chi connectivity index (χ1v) is 20.1. The lowest BCUT2D eigenvalue weighted by Crippen LogP contribution is -2.61. The Bertz CT molecular complexity index is 1590. The summed E-state index contributed by atoms with van der Waals surface area (Å²) in [5, 5.41) is 21.9. The summed E-state index contributed by atoms with van der Waals surface area (Å²) < 4.78 is 12.0. The van der Waals surface area contributed by atoms with Crippen molar-refractivity contribution in [3.8, 4) is 0 Å². The zero-order valence-electron chi connectivity index (χ0n) is 35.8. The van der Waals surface area contributed by atoms with Crippen LogP contribution in [0.3, 0.4) is 0 Å². The predicted octanol–water partition coefficient (Wildman–Crippen LogP) is 2.21. The summed E-state index contributed by atoms with van der Waals surface area (Å²) in [6, 6.07) is 6.86. The second-order valence-corrected chi connectivity index (χ2v) is 16.1. The lowest BCUT2D eigenvalue weighted by molar-refractivity contribution is -0.148. The van der Waals surface area contributed by atoms with Crippen molar-refractivity contribution >= 4 is 29.5 Å². The van der Waals surface area contributed by atoms with Crippen molar-refractivity contribution in [2.75, 3.05) is 34.9 Å². The van der Waals surface area contributed by atoms with E-state index in [1.165, 1.54) is 7.11 Å². The molecule has 3 rings (SSSR count). The van der Waals surface area contributed by atoms with Gasteiger partial charge >= 0.3 is 0 Å². The number of aromatic amines is 1. The Morgan fingerprint density at radius 2 is 1.70 bits per heavy atom. The number of hydrogen-bond donors (Lipinski definition) is 5. The number of H-pyrrole nitrogens is 1. The molecule has 0 radical (unpaired) electrons. The topological polar surface area (TPSA) is 200 Å². The summed E-state index contributed by atoms with van der Waals surface area (Å²) in [5.41, 5.74) is 0.542. The number of carbonyl (C=O) groups excluding carboxylic acids is 5. The van der Waals surface area contributed by atoms with Crippen LogP contribution in [0, 0.1) is 17.8 Å². The number of nitrogens with one attached hydrogen (secondary N) is 5. The Morgan fingerprint density at radius 3 is 2.26 bits per heavy atom. The highest BCUT2D eigenvalue weighted by atomic mass is 16.5. The summed E-state index contributed by atoms with van der Waals surface area (Å²) in [6.07, 6.45) is 2.57. The van der Waals surface area contributed by atoms with Gasteiger partial charge in [-0.2, -0.15) is 0 Å². The molecule has 2 aromatic rings. The van der Waals surface area contributed by atoms with E-state index in [-0.39, 0.29) is 60.8 Å². The maximum Gasteiger partial charge on any atom is 0.245 e. The van der Waals surface area contributed by atoms with Gasteiger partial charge in [-0.1, -0.05) is 76.6 Å². The molecule has 1 aliphatic rings. The number of rotatable bonds is 22. The first-order chi connectivity index (χ1) is 27.0. The number of aromatic nitrogens is 3. The molecule has 0 saturated carbocycles. The molecule has 0 spiro atoms. The number of likely N-dealkylation sites (N-methyl/N-ethyl adjacent to an activating group) is 2. The summed E-state index contributed by atoms with van der Waals surface area (Å²) in [5.74, 6) is -2.45. The molecule has 57 heavy (non-hydrogen) atoms. The van der Waals surface area contributed by atoms with Gasteiger partial charge in [-0.25, -0.2) is 0 Å². The maximum absolute atomic E-state index is 14.3. The van der Waals surface area contributed by atoms with E-state index < -0.39 is 47.8 Å². The van der Waals surface area contributed by atoms with Crippen LogP contribution in [0.5, 0.6) is 0 Å². The Balaban J connectivity index is 1.78. The van der Waals surface area contributed by atoms with E-state index in [0.717, 1.165) is 18.4 Å². The average molecular weight is 798 g/mol. The molecule has 5 N–H and O–H groups in total. The van der Waals surface area contributed by atoms with Crippen LogP contribution in [0.25, 0.3) is 0 Å². The number of hydrogen-bond acceptors (Lipinski definition) is 10. The molecular formula is C41H67N9O7. The fourth-order valence-corrected chi connectivity index (χ4v) is 7.45. The third kappa shape index (κ3) is 12.5. The van der Waals surface area contributed by atoms with E-state index in [1.807, 2.05) is 58.0 Å². The monoisotopic (exact) mass is 798 g/mol. The Morgan fingerprint density at radius 1 is 1.02 bits per heavy atom. The molecule has 318 valence electrons. The van der Waals surface area contributed by atoms with Crippen LogP contribution in [0.2, 0.25) is 0 Å². The number of nitrogens with zero attached hydrogens (tertiary/aromatic N) is 4. The van der Waals surface area contributed by atoms with E-state index in [0.29, 0.717) is 18.7 Å². The quantitative estimate of drug-likeness (QED) is 0.118. The molecular weight excluding hydrogens is 731 g/mol. The molecule has 1 fully saturated rings. The van der Waals surface area contributed by atoms with Crippen LogP contribution >= 0.6 is 0 Å². The summed E-state index contributed by atoms with van der Waals surface area (Å²) in [7, 11) is 6.47. The van der Waals surface area contributed by atoms with Crippen molar-refractivity contribution in [2.24, 2.45) is 17.8 Å². The first kappa shape index (κ1) is 47.0. The van der Waals surface area contributed by atoms with E-state index in [1.54, 1.807) is 58.0 Å². The first-order valence-electron chi connectivity index (χ1n) is 20.1. The molecule has 2 heterocycles. The van der Waals surface area contributed by atoms with Crippen LogP contribution in [0.1, 0.15) is 85.4 Å². The minimum absolute atomic E-state index is 0.00697. The molecule has 8 unspecified atom stereocenters. The second-order valence-electron chi connectivity index (χ2n) is 16.1. The third-order valence-corrected chi connectivity index (χ3v) is 11.5. The molecule has 1 saturated heterocycles. The molecule has 0 aliphatic carbocycles. The number of amides is 5. The minimum Gasteiger partial charge on any atom is -0.379 e. The third-order valence-electron chi connectivity index (χ3n) is 11.5. The summed E-state index contributed by atoms with van der Waals surface area (Å²) in [4.78, 5) is 72.3. The van der Waals surface area contributed by atoms with Crippen molar-refractivity contribution in [2.45, 2.75) is 129 Å². The highest BCUT2D eigenvalue weighted by Gasteiger charge is 2.43. The molecule has 1 aromatic carbocycles. The van der Waals surface area contributed by atoms with Crippen molar-refractivity contribution in [3.05, 3.63) is 47.8 Å². The van der Waals surface area contributed by atoms with Crippen molar-refractivity contribution < 1.29 is 33.4 Å². The molecule has 8 atom stereocenters. The Hall–Kier alpha value is -4.41. The van der Waals surface area contributed by atoms with Crippen molar-refractivity contribution in [1.82, 2.24) is 46.5 Å². The standard InChI is InChI=1S/C41H67N9O7/c1-12-26(4)35(49(9)39(54)34(25(2)3)46-40(55)41(6,7)42-8)32(56-10)22-33(51)50-20-16-19-31(50)36(57-11)27(5)37(52)45-30(21-28-17-14-13-15-18-28)38(53)43-23-29-24-44-48-47-29/h13-15,17-18,24-27,30-32,34-36,42H,12,16,19-23H2,1-11H3,(H,43,53)(H,45,52)(H,46,55)(H,44,47,48). The summed E-state index contributed by atoms with van der Waals surface area (Å²) in [6.45, 7) is 13.7. The lowest BCUT2D eigenvalue weighted by Gasteiger charge is -2.41. The second kappa shape index (κ2) is 21.9. The smallest absolute Gasteiger partial charge is 0.245 e. The van der Waals surface area contributed by atoms with Crippen molar-refractivity contribution in [1.29, 1.82) is 0 Å². The zero-order chi connectivity index (χ0) is 42.4. The van der Waals surface area contributed by atoms with Gasteiger partial charge in [0.25, 0.3) is 0 Å². The highest BCUT2D eigenvalue weighted by molar-refractivity contribution is 5.92. The normalized spacial score (nSPS) is 18.2.